The van der Waals surface area contributed by atoms with Crippen molar-refractivity contribution < 1.29 is 64.7 Å². The number of rotatable bonds is 40. The van der Waals surface area contributed by atoms with Crippen molar-refractivity contribution in [3.63, 3.8) is 0 Å². The van der Waals surface area contributed by atoms with Gasteiger partial charge in [-0.15, -0.1) is 0 Å². The van der Waals surface area contributed by atoms with E-state index in [9.17, 15) is 55.3 Å². The molecule has 6 amide bonds. The monoisotopic (exact) mass is 1600 g/mol. The third-order valence-corrected chi connectivity index (χ3v) is 18.0. The van der Waals surface area contributed by atoms with Crippen LogP contribution in [0.25, 0.3) is 22.0 Å². The van der Waals surface area contributed by atoms with E-state index in [0.717, 1.165) is 10.9 Å². The molecule has 0 saturated carbocycles. The van der Waals surface area contributed by atoms with Crippen molar-refractivity contribution >= 4 is 107 Å². The molecule has 101 heavy (non-hydrogen) atoms. The van der Waals surface area contributed by atoms with Gasteiger partial charge in [0, 0.05) is 36.4 Å². The van der Waals surface area contributed by atoms with Gasteiger partial charge in [-0.2, -0.15) is 0 Å². The summed E-state index contributed by atoms with van der Waals surface area (Å²) >= 11 is -2.85. The van der Waals surface area contributed by atoms with Crippen LogP contribution in [0.4, 0.5) is 7.31 Å². The number of fused-ring (bicyclic) bond motifs is 4. The average Bonchev–Trinajstić information content (AvgIpc) is 1.62. The van der Waals surface area contributed by atoms with E-state index in [1.54, 1.807) is 27.0 Å². The van der Waals surface area contributed by atoms with Crippen molar-refractivity contribution in [1.82, 2.24) is 50.9 Å². The number of aliphatic imine (C=N–C) groups is 1. The summed E-state index contributed by atoms with van der Waals surface area (Å²) in [6.45, 7) is 26.1. The van der Waals surface area contributed by atoms with E-state index in [1.807, 2.05) is 118 Å². The number of nitrogens with two attached hydrogens (primary N) is 2. The molecule has 5 rings (SSSR count). The zero-order valence-electron chi connectivity index (χ0n) is 61.2. The molecular formula is C73H108FN13O13Pb. The number of hydrogen-bond donors (Lipinski definition) is 12. The molecular weight excluding hydrogens is 1490 g/mol. The maximum absolute atomic E-state index is 14.2. The summed E-state index contributed by atoms with van der Waals surface area (Å²) in [7, 11) is 0. The first-order valence-electron chi connectivity index (χ1n) is 34.7. The van der Waals surface area contributed by atoms with Gasteiger partial charge < -0.3 is 41.0 Å². The Morgan fingerprint density at radius 2 is 1.03 bits per heavy atom. The number of carbonyl (C=O) groups is 11. The number of halogens is 1. The predicted octanol–water partition coefficient (Wildman–Crippen LogP) is 5.89. The summed E-state index contributed by atoms with van der Waals surface area (Å²) in [5, 5.41) is 16.7. The van der Waals surface area contributed by atoms with Gasteiger partial charge in [-0.25, -0.2) is 4.79 Å². The Balaban J connectivity index is 0.00000102. The fourth-order valence-corrected chi connectivity index (χ4v) is 13.1. The van der Waals surface area contributed by atoms with Gasteiger partial charge >= 0.3 is 222 Å². The number of H-pyrrole nitrogens is 1. The predicted molar refractivity (Wildman–Crippen MR) is 387 cm³/mol. The van der Waals surface area contributed by atoms with Crippen LogP contribution in [0.3, 0.4) is 0 Å². The molecule has 1 heterocycles. The molecule has 4 aromatic rings. The summed E-state index contributed by atoms with van der Waals surface area (Å²) in [6.07, 6.45) is 1.89. The van der Waals surface area contributed by atoms with Crippen LogP contribution in [0.5, 0.6) is 0 Å². The number of ketones is 4. The normalized spacial score (nSPS) is 14.3. The first-order valence-corrected chi connectivity index (χ1v) is 38.1. The molecule has 0 unspecified atom stereocenters. The van der Waals surface area contributed by atoms with Crippen molar-refractivity contribution in [1.29, 1.82) is 0 Å². The number of amides is 6. The third-order valence-electron chi connectivity index (χ3n) is 16.2. The summed E-state index contributed by atoms with van der Waals surface area (Å²) in [5.41, 5.74) is 22.1. The molecule has 0 saturated heterocycles. The number of hydrazine groups is 1. The first-order chi connectivity index (χ1) is 47.5. The number of ether oxygens (including phenoxy) is 2. The summed E-state index contributed by atoms with van der Waals surface area (Å²) in [4.78, 5) is 155. The number of para-hydroxylation sites is 1. The SMILES string of the molecule is CC(=O)OCC1c2ccccc2-c2ccccc21.CC(C)C[C@H](NN[C@@H](CC(C)C)C(=O)C(=O)[C@H](CCCN=C(N)N)[NH][Pb][F])C(=O)N[C@@H](C)C(=O)N[C@@H](CC(C)C)C(=O)N[C@@H](CC(C)C)C(=O)N[C@@H](CC(C)C)C(=O)NCC(=O)C(=O)[C@H](Cc1c[nH]c2ccccc12)NC(=O)OC(C)(C)C. The molecule has 0 spiro atoms. The van der Waals surface area contributed by atoms with Crippen LogP contribution in [0.2, 0.25) is 0 Å². The first kappa shape index (κ1) is 85.4. The van der Waals surface area contributed by atoms with Gasteiger partial charge in [0.15, 0.2) is 0 Å². The molecule has 26 nitrogen and oxygen atoms in total. The van der Waals surface area contributed by atoms with E-state index in [1.165, 1.54) is 36.1 Å². The van der Waals surface area contributed by atoms with E-state index in [4.69, 9.17) is 20.9 Å². The minimum absolute atomic E-state index is 0.0674. The molecule has 0 aliphatic heterocycles. The molecule has 0 fully saturated rings. The van der Waals surface area contributed by atoms with E-state index in [-0.39, 0.29) is 98.9 Å². The van der Waals surface area contributed by atoms with Gasteiger partial charge in [-0.3, -0.25) is 33.6 Å². The minimum atomic E-state index is -2.85. The van der Waals surface area contributed by atoms with Crippen LogP contribution in [-0.2, 0) is 63.8 Å². The van der Waals surface area contributed by atoms with Gasteiger partial charge in [-0.05, 0) is 91.7 Å². The number of benzene rings is 3. The topological polar surface area (TPSA) is 395 Å². The number of esters is 1. The minimum Gasteiger partial charge on any atom is -0.444 e. The van der Waals surface area contributed by atoms with Crippen LogP contribution in [0, 0.1) is 29.6 Å². The van der Waals surface area contributed by atoms with E-state index >= 15 is 0 Å². The third kappa shape index (κ3) is 29.1. The quantitative estimate of drug-likeness (QED) is 0.00469. The number of carbonyl (C=O) groups excluding carboxylic acids is 11. The molecule has 0 bridgehead atoms. The Kier molecular flexibility index (Phi) is 35.3. The maximum atomic E-state index is 14.2. The second-order valence-corrected chi connectivity index (χ2v) is 30.6. The fourth-order valence-electron chi connectivity index (χ4n) is 11.5. The number of aromatic nitrogens is 1. The van der Waals surface area contributed by atoms with Crippen molar-refractivity contribution in [3.05, 3.63) is 95.7 Å². The van der Waals surface area contributed by atoms with E-state index in [0.29, 0.717) is 18.6 Å². The standard InChI is InChI=1S/C57H94N13O11.C16H14O2.FH.Pb/c1-30(2)22-41(49(74)47(72)38(58)19-17-21-61-55(59)60)69-70-45(26-34(9)10)54(79)64-35(11)50(75)65-43(24-32(5)6)52(77)67-44(25-33(7)8)53(78)66-42(23-31(3)4)51(76)63-29-46(71)48(73)40(68-56(80)81-57(12,13)14)27-36-28-62-39-20-16-15-18-37(36)39;1-11(17)18-10-16-14-8-4-2-6-12(14)13-7-3-5-9-15(13)16;;/h15-16,18,20,28,30-35,38,40-45,58,62,69-70H,17,19,21-27,29H2,1-14H3,(H,63,76)(H,64,79)(H,65,75)(H,66,78)(H,67,77)(H,68,80)(H4,59,60,61);2-9,16H,10H2,1H3;1H;/q-1;;;+2/p-1/t35-,38-,40-,41-,42-,43-,44-,45-;;;/m0.../s1. The van der Waals surface area contributed by atoms with Gasteiger partial charge in [0.1, 0.15) is 36.4 Å². The number of hydrogen-bond acceptors (Lipinski definition) is 17. The molecule has 14 N–H and O–H groups in total. The molecule has 3 aromatic carbocycles. The molecule has 554 valence electrons. The van der Waals surface area contributed by atoms with Crippen LogP contribution in [-0.4, -0.2) is 174 Å². The number of nitrogens with zero attached hydrogens (tertiary/aromatic N) is 1. The second-order valence-electron chi connectivity index (χ2n) is 28.7. The summed E-state index contributed by atoms with van der Waals surface area (Å²) in [6, 6.07) is 14.6. The van der Waals surface area contributed by atoms with Gasteiger partial charge in [-0.1, -0.05) is 108 Å². The molecule has 1 aliphatic rings. The van der Waals surface area contributed by atoms with Gasteiger partial charge in [0.25, 0.3) is 0 Å². The van der Waals surface area contributed by atoms with Crippen molar-refractivity contribution in [2.75, 3.05) is 19.7 Å². The second kappa shape index (κ2) is 41.8. The number of aromatic amines is 1. The number of Topliss-reactive ketones (excluding diaryl/α,β-unsaturated/α-hetero) is 4. The molecule has 28 heteroatoms. The Morgan fingerprint density at radius 3 is 1.54 bits per heavy atom. The van der Waals surface area contributed by atoms with Crippen molar-refractivity contribution in [2.24, 2.45) is 46.0 Å². The number of guanidine groups is 1. The molecule has 8 atom stereocenters. The average molecular weight is 1600 g/mol. The summed E-state index contributed by atoms with van der Waals surface area (Å²) in [5.74, 6) is -7.97. The van der Waals surface area contributed by atoms with Gasteiger partial charge in [0.05, 0.1) is 6.54 Å². The Labute approximate surface area is 606 Å². The Morgan fingerprint density at radius 1 is 0.564 bits per heavy atom. The molecule has 2 radical (unpaired) electrons. The smallest absolute Gasteiger partial charge is 0.444 e. The van der Waals surface area contributed by atoms with Crippen molar-refractivity contribution in [2.45, 2.75) is 215 Å². The van der Waals surface area contributed by atoms with Crippen LogP contribution >= 0.6 is 0 Å². The van der Waals surface area contributed by atoms with E-state index in [2.05, 4.69) is 80.1 Å². The molecule has 1 aromatic heterocycles. The van der Waals surface area contributed by atoms with Crippen LogP contribution in [0.15, 0.2) is 84.0 Å². The Bertz CT molecular complexity index is 3450. The zero-order chi connectivity index (χ0) is 75.4. The summed E-state index contributed by atoms with van der Waals surface area (Å²) < 4.78 is 26.9. The number of alkyl carbamates (subject to hydrolysis) is 1. The van der Waals surface area contributed by atoms with Crippen molar-refractivity contribution in [3.8, 4) is 11.1 Å². The van der Waals surface area contributed by atoms with Crippen LogP contribution in [0.1, 0.15) is 171 Å². The number of nitrogens with one attached hydrogen (secondary N) is 10. The zero-order valence-corrected chi connectivity index (χ0v) is 65.0. The Hall–Kier alpha value is -8.03. The molecule has 1 aliphatic carbocycles. The van der Waals surface area contributed by atoms with E-state index < -0.39 is 144 Å². The fraction of sp³-hybridized carbons (Fsp3) is 0.562. The van der Waals surface area contributed by atoms with Crippen LogP contribution < -0.4 is 57.3 Å². The van der Waals surface area contributed by atoms with Gasteiger partial charge in [0.2, 0.25) is 29.3 Å².